The van der Waals surface area contributed by atoms with Crippen LogP contribution in [-0.2, 0) is 29.5 Å². The number of hydrogen-bond acceptors (Lipinski definition) is 6. The van der Waals surface area contributed by atoms with Crippen LogP contribution in [0.25, 0.3) is 0 Å². The van der Waals surface area contributed by atoms with Gasteiger partial charge in [-0.05, 0) is 12.8 Å². The summed E-state index contributed by atoms with van der Waals surface area (Å²) in [6, 6.07) is 0. The third-order valence-electron chi connectivity index (χ3n) is 5.68. The highest BCUT2D eigenvalue weighted by Crippen LogP contribution is 2.47. The summed E-state index contributed by atoms with van der Waals surface area (Å²) in [7, 11) is -24.1. The number of halogens is 9. The highest BCUT2D eigenvalue weighted by atomic mass is 32.3. The quantitative estimate of drug-likeness (QED) is 0.0915. The SMILES string of the molecule is CCCCCCCCCCCCCCCCCC[NH3+].O=S(=O)([C-](S(=O)(=O)C(F)(F)F)S(=O)(=O)C(F)(F)F)C(F)(F)F. The molecule has 0 aliphatic rings. The fourth-order valence-electron chi connectivity index (χ4n) is 3.44. The molecule has 0 amide bonds. The van der Waals surface area contributed by atoms with Crippen LogP contribution in [0, 0.1) is 3.91 Å². The van der Waals surface area contributed by atoms with E-state index in [0.717, 1.165) is 6.54 Å². The van der Waals surface area contributed by atoms with Gasteiger partial charge in [0.25, 0.3) is 0 Å². The summed E-state index contributed by atoms with van der Waals surface area (Å²) in [6.45, 7) is 3.42. The van der Waals surface area contributed by atoms with Gasteiger partial charge in [0.2, 0.25) is 0 Å². The second-order valence-corrected chi connectivity index (χ2v) is 15.7. The molecule has 0 saturated carbocycles. The van der Waals surface area contributed by atoms with Crippen LogP contribution in [-0.4, -0.2) is 48.3 Å². The molecule has 0 aromatic carbocycles. The number of hydrogen-bond donors (Lipinski definition) is 1. The molecule has 3 N–H and O–H groups in total. The van der Waals surface area contributed by atoms with E-state index in [4.69, 9.17) is 0 Å². The van der Waals surface area contributed by atoms with E-state index in [0.29, 0.717) is 0 Å². The Bertz CT molecular complexity index is 904. The zero-order valence-corrected chi connectivity index (χ0v) is 25.3. The predicted octanol–water partition coefficient (Wildman–Crippen LogP) is 6.73. The fourth-order valence-corrected chi connectivity index (χ4v) is 9.18. The summed E-state index contributed by atoms with van der Waals surface area (Å²) >= 11 is 0. The van der Waals surface area contributed by atoms with Crippen LogP contribution in [0.5, 0.6) is 0 Å². The Balaban J connectivity index is 0. The van der Waals surface area contributed by atoms with Crippen LogP contribution in [0.3, 0.4) is 0 Å². The predicted molar refractivity (Wildman–Crippen MR) is 135 cm³/mol. The van der Waals surface area contributed by atoms with Gasteiger partial charge in [-0.15, -0.1) is 0 Å². The second-order valence-electron chi connectivity index (χ2n) is 9.25. The summed E-state index contributed by atoms with van der Waals surface area (Å²) in [6.07, 6.45) is 23.2. The molecule has 0 radical (unpaired) electrons. The van der Waals surface area contributed by atoms with Crippen molar-refractivity contribution in [3.8, 4) is 0 Å². The van der Waals surface area contributed by atoms with Crippen molar-refractivity contribution in [2.45, 2.75) is 126 Å². The average molecular weight is 682 g/mol. The number of rotatable bonds is 19. The Kier molecular flexibility index (Phi) is 19.4. The molecule has 0 aliphatic carbocycles. The minimum Gasteiger partial charge on any atom is -0.358 e. The maximum absolute atomic E-state index is 12.0. The van der Waals surface area contributed by atoms with E-state index in [1.807, 2.05) is 0 Å². The highest BCUT2D eigenvalue weighted by Gasteiger charge is 2.63. The highest BCUT2D eigenvalue weighted by molar-refractivity contribution is 8.29. The summed E-state index contributed by atoms with van der Waals surface area (Å²) in [4.78, 5) is 0. The molecule has 19 heteroatoms. The van der Waals surface area contributed by atoms with Gasteiger partial charge in [-0.25, -0.2) is 0 Å². The van der Waals surface area contributed by atoms with Gasteiger partial charge in [0.05, 0.1) is 10.5 Å². The van der Waals surface area contributed by atoms with Gasteiger partial charge in [0, 0.05) is 0 Å². The van der Waals surface area contributed by atoms with Crippen molar-refractivity contribution in [3.63, 3.8) is 0 Å². The molecular formula is C22H40F9NO6S3. The van der Waals surface area contributed by atoms with Crippen LogP contribution >= 0.6 is 0 Å². The molecule has 0 unspecified atom stereocenters. The molecule has 0 rings (SSSR count). The van der Waals surface area contributed by atoms with Crippen LogP contribution in [0.1, 0.15) is 110 Å². The number of quaternary nitrogens is 1. The normalized spacial score (nSPS) is 13.8. The van der Waals surface area contributed by atoms with Crippen molar-refractivity contribution in [3.05, 3.63) is 3.91 Å². The zero-order valence-electron chi connectivity index (χ0n) is 22.8. The zero-order chi connectivity index (χ0) is 32.6. The van der Waals surface area contributed by atoms with Gasteiger partial charge in [-0.3, -0.25) is 25.3 Å². The minimum absolute atomic E-state index is 1.12. The Morgan fingerprint density at radius 1 is 0.439 bits per heavy atom. The van der Waals surface area contributed by atoms with Gasteiger partial charge in [0.1, 0.15) is 0 Å². The van der Waals surface area contributed by atoms with Gasteiger partial charge in [-0.1, -0.05) is 96.8 Å². The summed E-state index contributed by atoms with van der Waals surface area (Å²) in [5.41, 5.74) is -17.3. The first-order chi connectivity index (χ1) is 18.5. The first-order valence-corrected chi connectivity index (χ1v) is 17.6. The molecule has 0 heterocycles. The molecule has 0 aliphatic heterocycles. The van der Waals surface area contributed by atoms with E-state index < -0.39 is 50.0 Å². The van der Waals surface area contributed by atoms with Crippen molar-refractivity contribution >= 4 is 29.5 Å². The van der Waals surface area contributed by atoms with E-state index in [1.165, 1.54) is 103 Å². The molecule has 0 bridgehead atoms. The number of sulfone groups is 3. The maximum Gasteiger partial charge on any atom is 0.470 e. The first kappa shape index (κ1) is 42.3. The summed E-state index contributed by atoms with van der Waals surface area (Å²) in [5, 5.41) is 0. The van der Waals surface area contributed by atoms with E-state index in [9.17, 15) is 64.8 Å². The second kappa shape index (κ2) is 18.8. The molecule has 0 fully saturated rings. The Morgan fingerprint density at radius 3 is 0.805 bits per heavy atom. The van der Waals surface area contributed by atoms with Gasteiger partial charge >= 0.3 is 16.5 Å². The lowest BCUT2D eigenvalue weighted by atomic mass is 10.0. The molecule has 0 aromatic heterocycles. The fraction of sp³-hybridized carbons (Fsp3) is 0.955. The lowest BCUT2D eigenvalue weighted by Crippen LogP contribution is -2.50. The molecule has 0 atom stereocenters. The monoisotopic (exact) mass is 681 g/mol. The Labute approximate surface area is 236 Å². The van der Waals surface area contributed by atoms with Crippen LogP contribution in [0.15, 0.2) is 0 Å². The number of alkyl halides is 9. The third kappa shape index (κ3) is 15.0. The largest absolute Gasteiger partial charge is 0.470 e. The van der Waals surface area contributed by atoms with Crippen LogP contribution < -0.4 is 5.73 Å². The summed E-state index contributed by atoms with van der Waals surface area (Å²) < 4.78 is 167. The van der Waals surface area contributed by atoms with Crippen molar-refractivity contribution in [1.82, 2.24) is 0 Å². The summed E-state index contributed by atoms with van der Waals surface area (Å²) in [5.74, 6) is 0. The van der Waals surface area contributed by atoms with E-state index in [-0.39, 0.29) is 0 Å². The van der Waals surface area contributed by atoms with Gasteiger partial charge in [-0.2, -0.15) is 39.5 Å². The molecule has 41 heavy (non-hydrogen) atoms. The third-order valence-corrected chi connectivity index (χ3v) is 12.8. The lowest BCUT2D eigenvalue weighted by molar-refractivity contribution is -0.368. The van der Waals surface area contributed by atoms with Crippen molar-refractivity contribution in [2.24, 2.45) is 0 Å². The maximum atomic E-state index is 12.0. The average Bonchev–Trinajstić information content (AvgIpc) is 2.79. The molecule has 0 saturated heterocycles. The topological polar surface area (TPSA) is 130 Å². The van der Waals surface area contributed by atoms with Gasteiger partial charge in [0.15, 0.2) is 29.5 Å². The molecule has 250 valence electrons. The van der Waals surface area contributed by atoms with E-state index >= 15 is 0 Å². The van der Waals surface area contributed by atoms with Crippen LogP contribution in [0.4, 0.5) is 39.5 Å². The minimum atomic E-state index is -8.02. The molecule has 0 aromatic rings. The lowest BCUT2D eigenvalue weighted by Gasteiger charge is -2.31. The Morgan fingerprint density at radius 2 is 0.634 bits per heavy atom. The van der Waals surface area contributed by atoms with Crippen molar-refractivity contribution in [1.29, 1.82) is 0 Å². The molecule has 7 nitrogen and oxygen atoms in total. The van der Waals surface area contributed by atoms with Crippen LogP contribution in [0.2, 0.25) is 0 Å². The van der Waals surface area contributed by atoms with Gasteiger partial charge < -0.3 is 5.73 Å². The van der Waals surface area contributed by atoms with E-state index in [2.05, 4.69) is 12.7 Å². The van der Waals surface area contributed by atoms with Crippen molar-refractivity contribution in [2.75, 3.05) is 6.54 Å². The molecular weight excluding hydrogens is 641 g/mol. The number of unbranched alkanes of at least 4 members (excludes halogenated alkanes) is 15. The molecule has 0 spiro atoms. The standard InChI is InChI=1S/C18H39N.C4F9O6S3/c1-2-3-4-5-6-7-8-9-10-11-12-13-14-15-16-17-18-19;5-2(6,7)20(14,15)1(21(16,17)3(8,9)10)22(18,19)4(11,12)13/h2-19H2,1H3;/q;-1/p+1. The Hall–Kier alpha value is -0.820. The van der Waals surface area contributed by atoms with E-state index in [1.54, 1.807) is 0 Å². The smallest absolute Gasteiger partial charge is 0.358 e. The first-order valence-electron chi connectivity index (χ1n) is 13.1. The van der Waals surface area contributed by atoms with Crippen molar-refractivity contribution < 1.29 is 70.5 Å².